The van der Waals surface area contributed by atoms with Crippen LogP contribution < -0.4 is 11.1 Å². The molecule has 0 aliphatic rings. The maximum absolute atomic E-state index is 11.7. The average molecular weight is 214 g/mol. The fourth-order valence-corrected chi connectivity index (χ4v) is 1.31. The van der Waals surface area contributed by atoms with E-state index in [0.717, 1.165) is 6.42 Å². The summed E-state index contributed by atoms with van der Waals surface area (Å²) >= 11 is 0. The van der Waals surface area contributed by atoms with Crippen LogP contribution in [0, 0.1) is 5.92 Å². The van der Waals surface area contributed by atoms with Gasteiger partial charge in [-0.3, -0.25) is 9.59 Å². The molecule has 3 N–H and O–H groups in total. The van der Waals surface area contributed by atoms with E-state index in [4.69, 9.17) is 5.73 Å². The van der Waals surface area contributed by atoms with Crippen molar-refractivity contribution in [2.24, 2.45) is 11.7 Å². The fraction of sp³-hybridized carbons (Fsp3) is 0.818. The van der Waals surface area contributed by atoms with E-state index >= 15 is 0 Å². The standard InChI is InChI=1S/C11H22N2O2/c1-5-6-9(14)10(7(2)3)13-11(15)8(4)12/h7-8,10H,5-6,12H2,1-4H3,(H,13,15). The van der Waals surface area contributed by atoms with Gasteiger partial charge in [0.05, 0.1) is 12.1 Å². The van der Waals surface area contributed by atoms with Gasteiger partial charge in [-0.2, -0.15) is 0 Å². The number of rotatable bonds is 6. The first-order valence-electron chi connectivity index (χ1n) is 5.48. The number of nitrogens with one attached hydrogen (secondary N) is 1. The van der Waals surface area contributed by atoms with E-state index in [2.05, 4.69) is 5.32 Å². The smallest absolute Gasteiger partial charge is 0.237 e. The molecule has 0 fully saturated rings. The van der Waals surface area contributed by atoms with Gasteiger partial charge in [0.1, 0.15) is 0 Å². The Kier molecular flexibility index (Phi) is 6.17. The van der Waals surface area contributed by atoms with Crippen molar-refractivity contribution in [2.45, 2.75) is 52.6 Å². The average Bonchev–Trinajstić information content (AvgIpc) is 2.13. The number of nitrogens with two attached hydrogens (primary N) is 1. The van der Waals surface area contributed by atoms with E-state index in [9.17, 15) is 9.59 Å². The van der Waals surface area contributed by atoms with Crippen molar-refractivity contribution in [2.75, 3.05) is 0 Å². The van der Waals surface area contributed by atoms with Crippen LogP contribution in [0.1, 0.15) is 40.5 Å². The molecule has 2 unspecified atom stereocenters. The highest BCUT2D eigenvalue weighted by molar-refractivity contribution is 5.90. The molecule has 2 atom stereocenters. The van der Waals surface area contributed by atoms with Gasteiger partial charge in [0, 0.05) is 6.42 Å². The lowest BCUT2D eigenvalue weighted by molar-refractivity contribution is -0.129. The zero-order chi connectivity index (χ0) is 12.0. The second-order valence-corrected chi connectivity index (χ2v) is 4.24. The second kappa shape index (κ2) is 6.56. The van der Waals surface area contributed by atoms with Gasteiger partial charge in [0.25, 0.3) is 0 Å². The minimum absolute atomic E-state index is 0.0847. The topological polar surface area (TPSA) is 72.2 Å². The number of carbonyl (C=O) groups excluding carboxylic acids is 2. The molecular formula is C11H22N2O2. The summed E-state index contributed by atoms with van der Waals surface area (Å²) in [5, 5.41) is 2.69. The monoisotopic (exact) mass is 214 g/mol. The van der Waals surface area contributed by atoms with Crippen molar-refractivity contribution in [1.82, 2.24) is 5.32 Å². The Labute approximate surface area is 91.6 Å². The van der Waals surface area contributed by atoms with Crippen molar-refractivity contribution in [1.29, 1.82) is 0 Å². The van der Waals surface area contributed by atoms with Crippen molar-refractivity contribution < 1.29 is 9.59 Å². The number of ketones is 1. The highest BCUT2D eigenvalue weighted by atomic mass is 16.2. The largest absolute Gasteiger partial charge is 0.345 e. The molecule has 0 aliphatic heterocycles. The van der Waals surface area contributed by atoms with Crippen molar-refractivity contribution in [3.63, 3.8) is 0 Å². The molecule has 0 bridgehead atoms. The van der Waals surface area contributed by atoms with Gasteiger partial charge < -0.3 is 11.1 Å². The van der Waals surface area contributed by atoms with E-state index in [1.165, 1.54) is 0 Å². The minimum Gasteiger partial charge on any atom is -0.345 e. The lowest BCUT2D eigenvalue weighted by Crippen LogP contribution is -2.49. The highest BCUT2D eigenvalue weighted by Crippen LogP contribution is 2.06. The van der Waals surface area contributed by atoms with Gasteiger partial charge in [-0.25, -0.2) is 0 Å². The van der Waals surface area contributed by atoms with Crippen LogP contribution >= 0.6 is 0 Å². The number of amides is 1. The Balaban J connectivity index is 4.41. The Bertz CT molecular complexity index is 225. The lowest BCUT2D eigenvalue weighted by Gasteiger charge is -2.22. The molecule has 0 saturated heterocycles. The highest BCUT2D eigenvalue weighted by Gasteiger charge is 2.23. The first-order valence-corrected chi connectivity index (χ1v) is 5.48. The van der Waals surface area contributed by atoms with Gasteiger partial charge >= 0.3 is 0 Å². The van der Waals surface area contributed by atoms with Crippen LogP contribution in [0.4, 0.5) is 0 Å². The molecule has 0 spiro atoms. The van der Waals surface area contributed by atoms with Gasteiger partial charge in [-0.15, -0.1) is 0 Å². The first kappa shape index (κ1) is 14.1. The number of hydrogen-bond donors (Lipinski definition) is 2. The third-order valence-electron chi connectivity index (χ3n) is 2.22. The molecule has 15 heavy (non-hydrogen) atoms. The maximum Gasteiger partial charge on any atom is 0.237 e. The zero-order valence-corrected chi connectivity index (χ0v) is 10.0. The van der Waals surface area contributed by atoms with Crippen LogP contribution in [0.5, 0.6) is 0 Å². The van der Waals surface area contributed by atoms with E-state index in [-0.39, 0.29) is 17.6 Å². The van der Waals surface area contributed by atoms with Gasteiger partial charge in [-0.1, -0.05) is 20.8 Å². The van der Waals surface area contributed by atoms with Gasteiger partial charge in [0.15, 0.2) is 5.78 Å². The third kappa shape index (κ3) is 4.93. The van der Waals surface area contributed by atoms with Crippen molar-refractivity contribution in [3.05, 3.63) is 0 Å². The molecule has 0 aromatic rings. The maximum atomic E-state index is 11.7. The SMILES string of the molecule is CCCC(=O)C(NC(=O)C(C)N)C(C)C. The molecule has 4 heteroatoms. The van der Waals surface area contributed by atoms with Crippen molar-refractivity contribution in [3.8, 4) is 0 Å². The molecule has 88 valence electrons. The lowest BCUT2D eigenvalue weighted by atomic mass is 9.97. The predicted molar refractivity (Wildman–Crippen MR) is 60.3 cm³/mol. The van der Waals surface area contributed by atoms with Gasteiger partial charge in [0.2, 0.25) is 5.91 Å². The Morgan fingerprint density at radius 2 is 1.80 bits per heavy atom. The zero-order valence-electron chi connectivity index (χ0n) is 10.0. The summed E-state index contributed by atoms with van der Waals surface area (Å²) < 4.78 is 0. The summed E-state index contributed by atoms with van der Waals surface area (Å²) in [6.07, 6.45) is 1.30. The van der Waals surface area contributed by atoms with Crippen LogP contribution in [-0.2, 0) is 9.59 Å². The second-order valence-electron chi connectivity index (χ2n) is 4.24. The Morgan fingerprint density at radius 3 is 2.13 bits per heavy atom. The molecule has 0 heterocycles. The Hall–Kier alpha value is -0.900. The van der Waals surface area contributed by atoms with E-state index in [1.54, 1.807) is 6.92 Å². The summed E-state index contributed by atoms with van der Waals surface area (Å²) in [6, 6.07) is -0.968. The minimum atomic E-state index is -0.569. The molecule has 1 amide bonds. The van der Waals surface area contributed by atoms with Crippen LogP contribution in [-0.4, -0.2) is 23.8 Å². The summed E-state index contributed by atoms with van der Waals surface area (Å²) in [4.78, 5) is 23.1. The first-order chi connectivity index (χ1) is 6.90. The molecule has 0 saturated carbocycles. The third-order valence-corrected chi connectivity index (χ3v) is 2.22. The quantitative estimate of drug-likeness (QED) is 0.688. The van der Waals surface area contributed by atoms with Gasteiger partial charge in [-0.05, 0) is 19.3 Å². The Morgan fingerprint density at radius 1 is 1.27 bits per heavy atom. The van der Waals surface area contributed by atoms with E-state index in [0.29, 0.717) is 6.42 Å². The van der Waals surface area contributed by atoms with Crippen LogP contribution in [0.2, 0.25) is 0 Å². The summed E-state index contributed by atoms with van der Waals surface area (Å²) in [5.74, 6) is -0.0774. The molecule has 0 radical (unpaired) electrons. The van der Waals surface area contributed by atoms with Crippen molar-refractivity contribution >= 4 is 11.7 Å². The normalized spacial score (nSPS) is 14.8. The molecule has 0 aromatic carbocycles. The number of hydrogen-bond acceptors (Lipinski definition) is 3. The number of Topliss-reactive ketones (excluding diaryl/α,β-unsaturated/α-hetero) is 1. The summed E-state index contributed by atoms with van der Waals surface area (Å²) in [5.41, 5.74) is 5.44. The number of carbonyl (C=O) groups is 2. The molecule has 4 nitrogen and oxygen atoms in total. The van der Waals surface area contributed by atoms with Crippen LogP contribution in [0.15, 0.2) is 0 Å². The fourth-order valence-electron chi connectivity index (χ4n) is 1.31. The summed E-state index contributed by atoms with van der Waals surface area (Å²) in [6.45, 7) is 7.39. The summed E-state index contributed by atoms with van der Waals surface area (Å²) in [7, 11) is 0. The molecule has 0 aliphatic carbocycles. The molecule has 0 aromatic heterocycles. The van der Waals surface area contributed by atoms with E-state index < -0.39 is 12.1 Å². The predicted octanol–water partition coefficient (Wildman–Crippen LogP) is 0.844. The molecular weight excluding hydrogens is 192 g/mol. The van der Waals surface area contributed by atoms with Crippen LogP contribution in [0.3, 0.4) is 0 Å². The van der Waals surface area contributed by atoms with Crippen LogP contribution in [0.25, 0.3) is 0 Å². The van der Waals surface area contributed by atoms with E-state index in [1.807, 2.05) is 20.8 Å². The molecule has 0 rings (SSSR count).